The van der Waals surface area contributed by atoms with E-state index in [4.69, 9.17) is 0 Å². The summed E-state index contributed by atoms with van der Waals surface area (Å²) in [4.78, 5) is 16.3. The van der Waals surface area contributed by atoms with Gasteiger partial charge in [-0.25, -0.2) is 4.99 Å². The maximum atomic E-state index is 12.6. The molecular weight excluding hydrogens is 508 g/mol. The average Bonchev–Trinajstić information content (AvgIpc) is 2.67. The van der Waals surface area contributed by atoms with Crippen LogP contribution in [0.4, 0.5) is 13.2 Å². The molecule has 0 aliphatic heterocycles. The van der Waals surface area contributed by atoms with Crippen molar-refractivity contribution in [3.63, 3.8) is 0 Å². The molecule has 0 radical (unpaired) electrons. The number of pyridine rings is 1. The number of nitrogens with one attached hydrogen (secondary N) is 2. The summed E-state index contributed by atoms with van der Waals surface area (Å²) in [7, 11) is 0. The number of rotatable bonds is 8. The molecular formula is C21H28F3IN4O. The lowest BCUT2D eigenvalue weighted by molar-refractivity contribution is -0.137. The molecule has 30 heavy (non-hydrogen) atoms. The molecule has 1 heterocycles. The van der Waals surface area contributed by atoms with Crippen molar-refractivity contribution in [2.24, 2.45) is 4.99 Å². The maximum absolute atomic E-state index is 12.6. The zero-order valence-corrected chi connectivity index (χ0v) is 19.5. The molecule has 1 aromatic heterocycles. The average molecular weight is 536 g/mol. The van der Waals surface area contributed by atoms with Crippen LogP contribution in [0.25, 0.3) is 0 Å². The number of halogens is 4. The summed E-state index contributed by atoms with van der Waals surface area (Å²) in [6.45, 7) is 6.16. The normalized spacial score (nSPS) is 11.7. The molecule has 2 rings (SSSR count). The van der Waals surface area contributed by atoms with E-state index in [2.05, 4.69) is 15.6 Å². The van der Waals surface area contributed by atoms with Gasteiger partial charge in [0.25, 0.3) is 5.56 Å². The Morgan fingerprint density at radius 1 is 1.07 bits per heavy atom. The van der Waals surface area contributed by atoms with Gasteiger partial charge in [-0.2, -0.15) is 13.2 Å². The molecule has 0 fully saturated rings. The van der Waals surface area contributed by atoms with E-state index in [1.165, 1.54) is 12.1 Å². The molecule has 0 saturated heterocycles. The second kappa shape index (κ2) is 12.6. The summed E-state index contributed by atoms with van der Waals surface area (Å²) in [5.41, 5.74) is 0.985. The second-order valence-electron chi connectivity index (χ2n) is 6.68. The largest absolute Gasteiger partial charge is 0.416 e. The fourth-order valence-corrected chi connectivity index (χ4v) is 2.82. The molecule has 166 valence electrons. The number of nitrogens with zero attached hydrogens (tertiary/aromatic N) is 2. The minimum atomic E-state index is -4.33. The van der Waals surface area contributed by atoms with E-state index in [1.807, 2.05) is 19.9 Å². The van der Waals surface area contributed by atoms with Crippen LogP contribution in [-0.4, -0.2) is 23.6 Å². The smallest absolute Gasteiger partial charge is 0.357 e. The van der Waals surface area contributed by atoms with Gasteiger partial charge in [0.2, 0.25) is 0 Å². The van der Waals surface area contributed by atoms with E-state index in [0.29, 0.717) is 31.2 Å². The number of guanidine groups is 1. The number of benzene rings is 1. The Labute approximate surface area is 191 Å². The van der Waals surface area contributed by atoms with Crippen LogP contribution in [0.5, 0.6) is 0 Å². The first-order valence-corrected chi connectivity index (χ1v) is 9.66. The van der Waals surface area contributed by atoms with Crippen molar-refractivity contribution in [1.29, 1.82) is 0 Å². The summed E-state index contributed by atoms with van der Waals surface area (Å²) in [6, 6.07) is 10.2. The number of alkyl halides is 3. The van der Waals surface area contributed by atoms with Crippen molar-refractivity contribution in [2.45, 2.75) is 46.0 Å². The number of hydrogen-bond donors (Lipinski definition) is 2. The summed E-state index contributed by atoms with van der Waals surface area (Å²) in [6.07, 6.45) is -2.64. The number of aryl methyl sites for hydroxylation is 1. The number of hydrogen-bond acceptors (Lipinski definition) is 2. The summed E-state index contributed by atoms with van der Waals surface area (Å²) < 4.78 is 39.6. The van der Waals surface area contributed by atoms with Gasteiger partial charge in [-0.05, 0) is 50.5 Å². The van der Waals surface area contributed by atoms with Crippen LogP contribution < -0.4 is 16.2 Å². The van der Waals surface area contributed by atoms with E-state index < -0.39 is 11.7 Å². The Hall–Kier alpha value is -2.04. The van der Waals surface area contributed by atoms with E-state index in [-0.39, 0.29) is 36.1 Å². The number of aliphatic imine (C=N–C) groups is 1. The molecule has 0 aliphatic rings. The van der Waals surface area contributed by atoms with Gasteiger partial charge >= 0.3 is 6.18 Å². The molecule has 5 nitrogen and oxygen atoms in total. The molecule has 2 N–H and O–H groups in total. The molecule has 0 spiro atoms. The van der Waals surface area contributed by atoms with E-state index in [0.717, 1.165) is 30.7 Å². The van der Waals surface area contributed by atoms with Gasteiger partial charge in [0.1, 0.15) is 0 Å². The lowest BCUT2D eigenvalue weighted by Gasteiger charge is -2.12. The summed E-state index contributed by atoms with van der Waals surface area (Å²) in [5, 5.41) is 6.33. The molecule has 1 aromatic carbocycles. The fourth-order valence-electron chi connectivity index (χ4n) is 2.82. The molecule has 0 bridgehead atoms. The molecule has 0 aliphatic carbocycles. The minimum absolute atomic E-state index is 0. The Morgan fingerprint density at radius 2 is 1.77 bits per heavy atom. The van der Waals surface area contributed by atoms with Crippen LogP contribution in [-0.2, 0) is 19.3 Å². The van der Waals surface area contributed by atoms with Crippen molar-refractivity contribution < 1.29 is 13.2 Å². The van der Waals surface area contributed by atoms with Crippen LogP contribution in [0.2, 0.25) is 0 Å². The van der Waals surface area contributed by atoms with Crippen LogP contribution in [0.1, 0.15) is 36.6 Å². The van der Waals surface area contributed by atoms with Crippen molar-refractivity contribution >= 4 is 29.9 Å². The zero-order chi connectivity index (χ0) is 21.3. The van der Waals surface area contributed by atoms with E-state index >= 15 is 0 Å². The Balaban J connectivity index is 0.00000450. The zero-order valence-electron chi connectivity index (χ0n) is 17.1. The van der Waals surface area contributed by atoms with Crippen LogP contribution in [0.15, 0.2) is 52.3 Å². The van der Waals surface area contributed by atoms with Gasteiger partial charge in [0.05, 0.1) is 12.1 Å². The molecule has 0 saturated carbocycles. The quantitative estimate of drug-likeness (QED) is 0.229. The first-order valence-electron chi connectivity index (χ1n) is 9.66. The first-order chi connectivity index (χ1) is 13.8. The first kappa shape index (κ1) is 26.0. The van der Waals surface area contributed by atoms with Gasteiger partial charge in [-0.15, -0.1) is 24.0 Å². The van der Waals surface area contributed by atoms with Crippen LogP contribution in [0.3, 0.4) is 0 Å². The maximum Gasteiger partial charge on any atom is 0.416 e. The highest BCUT2D eigenvalue weighted by atomic mass is 127. The van der Waals surface area contributed by atoms with E-state index in [1.54, 1.807) is 16.7 Å². The van der Waals surface area contributed by atoms with Gasteiger partial charge < -0.3 is 15.2 Å². The summed E-state index contributed by atoms with van der Waals surface area (Å²) in [5.74, 6) is 0.612. The molecule has 2 aromatic rings. The minimum Gasteiger partial charge on any atom is -0.357 e. The lowest BCUT2D eigenvalue weighted by atomic mass is 10.1. The van der Waals surface area contributed by atoms with Gasteiger partial charge in [0.15, 0.2) is 5.96 Å². The fraction of sp³-hybridized carbons (Fsp3) is 0.429. The van der Waals surface area contributed by atoms with E-state index in [9.17, 15) is 18.0 Å². The predicted molar refractivity (Wildman–Crippen MR) is 124 cm³/mol. The van der Waals surface area contributed by atoms with Crippen molar-refractivity contribution in [1.82, 2.24) is 15.2 Å². The van der Waals surface area contributed by atoms with Crippen LogP contribution in [0, 0.1) is 6.92 Å². The Kier molecular flexibility index (Phi) is 10.9. The van der Waals surface area contributed by atoms with Crippen molar-refractivity contribution in [2.75, 3.05) is 13.1 Å². The Morgan fingerprint density at radius 3 is 2.37 bits per heavy atom. The molecule has 0 amide bonds. The van der Waals surface area contributed by atoms with Crippen molar-refractivity contribution in [3.8, 4) is 0 Å². The highest BCUT2D eigenvalue weighted by Gasteiger charge is 2.29. The standard InChI is InChI=1S/C21H27F3N4O.HI/c1-3-25-20(27-15-17-9-11-18(12-10-17)21(22,23)24)26-13-4-5-14-28-16(2)7-6-8-19(28)29;/h6-12H,3-5,13-15H2,1-2H3,(H2,25,26,27);1H. The third-order valence-corrected chi connectivity index (χ3v) is 4.41. The topological polar surface area (TPSA) is 58.4 Å². The molecule has 9 heteroatoms. The van der Waals surface area contributed by atoms with Gasteiger partial charge in [0, 0.05) is 31.4 Å². The SMILES string of the molecule is CCNC(=NCc1ccc(C(F)(F)F)cc1)NCCCCn1c(C)cccc1=O.I. The second-order valence-corrected chi connectivity index (χ2v) is 6.68. The number of aromatic nitrogens is 1. The van der Waals surface area contributed by atoms with Gasteiger partial charge in [-0.1, -0.05) is 18.2 Å². The predicted octanol–water partition coefficient (Wildman–Crippen LogP) is 4.33. The lowest BCUT2D eigenvalue weighted by Crippen LogP contribution is -2.37. The molecule has 0 atom stereocenters. The third kappa shape index (κ3) is 8.37. The third-order valence-electron chi connectivity index (χ3n) is 4.41. The van der Waals surface area contributed by atoms with Gasteiger partial charge in [-0.3, -0.25) is 4.79 Å². The highest BCUT2D eigenvalue weighted by molar-refractivity contribution is 14.0. The monoisotopic (exact) mass is 536 g/mol. The van der Waals surface area contributed by atoms with Crippen molar-refractivity contribution in [3.05, 3.63) is 69.6 Å². The highest BCUT2D eigenvalue weighted by Crippen LogP contribution is 2.29. The van der Waals surface area contributed by atoms with Crippen LogP contribution >= 0.6 is 24.0 Å². The number of unbranched alkanes of at least 4 members (excludes halogenated alkanes) is 1. The summed E-state index contributed by atoms with van der Waals surface area (Å²) >= 11 is 0. The molecule has 0 unspecified atom stereocenters. The Bertz CT molecular complexity index is 864.